The Morgan fingerprint density at radius 3 is 2.08 bits per heavy atom. The minimum absolute atomic E-state index is 0.953. The predicted molar refractivity (Wildman–Crippen MR) is 156 cm³/mol. The molecular formula is C34H22N4. The third-order valence-electron chi connectivity index (χ3n) is 7.47. The van der Waals surface area contributed by atoms with Crippen molar-refractivity contribution in [1.29, 1.82) is 0 Å². The summed E-state index contributed by atoms with van der Waals surface area (Å²) in [5, 5.41) is 3.66. The number of aromatic nitrogens is 4. The van der Waals surface area contributed by atoms with Crippen molar-refractivity contribution in [3.8, 4) is 28.1 Å². The van der Waals surface area contributed by atoms with E-state index in [-0.39, 0.29) is 0 Å². The topological polar surface area (TPSA) is 35.1 Å². The number of nitrogens with zero attached hydrogens (tertiary/aromatic N) is 4. The Kier molecular flexibility index (Phi) is 4.49. The smallest absolute Gasteiger partial charge is 0.0805 e. The van der Waals surface area contributed by atoms with Gasteiger partial charge in [-0.25, -0.2) is 0 Å². The van der Waals surface area contributed by atoms with E-state index in [1.54, 1.807) is 6.20 Å². The molecule has 0 unspecified atom stereocenters. The second kappa shape index (κ2) is 8.15. The van der Waals surface area contributed by atoms with Gasteiger partial charge in [0.15, 0.2) is 0 Å². The van der Waals surface area contributed by atoms with Crippen molar-refractivity contribution in [2.75, 3.05) is 0 Å². The molecule has 0 spiro atoms. The standard InChI is InChI=1S/C34H22N4/c1-2-10-25(11-3-1)38-31-15-7-4-12-26(31)27-18-20-37-30-14-6-5-13-28(30)32(34(37)33(27)38)29-17-16-24(22-36-29)23-9-8-19-35-21-23/h1-22H. The second-order valence-electron chi connectivity index (χ2n) is 9.55. The predicted octanol–water partition coefficient (Wildman–Crippen LogP) is 8.31. The summed E-state index contributed by atoms with van der Waals surface area (Å²) in [7, 11) is 0. The summed E-state index contributed by atoms with van der Waals surface area (Å²) in [5.74, 6) is 0. The van der Waals surface area contributed by atoms with Gasteiger partial charge in [-0.2, -0.15) is 0 Å². The van der Waals surface area contributed by atoms with Gasteiger partial charge in [-0.1, -0.05) is 66.7 Å². The molecule has 8 rings (SSSR count). The molecule has 0 N–H and O–H groups in total. The van der Waals surface area contributed by atoms with Crippen LogP contribution in [0.2, 0.25) is 0 Å². The molecule has 5 aromatic heterocycles. The summed E-state index contributed by atoms with van der Waals surface area (Å²) in [4.78, 5) is 9.29. The maximum absolute atomic E-state index is 5.01. The molecule has 4 heteroatoms. The number of para-hydroxylation sites is 3. The molecule has 0 radical (unpaired) electrons. The molecule has 8 aromatic rings. The van der Waals surface area contributed by atoms with E-state index in [9.17, 15) is 0 Å². The molecular weight excluding hydrogens is 464 g/mol. The number of fused-ring (bicyclic) bond motifs is 7. The fourth-order valence-corrected chi connectivity index (χ4v) is 5.82. The summed E-state index contributed by atoms with van der Waals surface area (Å²) in [6.07, 6.45) is 7.83. The van der Waals surface area contributed by atoms with Crippen LogP contribution in [0.25, 0.3) is 66.3 Å². The SMILES string of the molecule is c1ccc(-n2c3ccccc3c3ccn4c5ccccc5c(-c5ccc(-c6cccnc6)cn5)c4c32)cc1. The van der Waals surface area contributed by atoms with Crippen LogP contribution in [-0.4, -0.2) is 18.9 Å². The Hall–Kier alpha value is -5.22. The van der Waals surface area contributed by atoms with E-state index in [1.165, 1.54) is 32.7 Å². The zero-order valence-corrected chi connectivity index (χ0v) is 20.5. The van der Waals surface area contributed by atoms with Gasteiger partial charge in [-0.05, 0) is 42.5 Å². The zero-order valence-electron chi connectivity index (χ0n) is 20.5. The van der Waals surface area contributed by atoms with Gasteiger partial charge in [0.2, 0.25) is 0 Å². The fourth-order valence-electron chi connectivity index (χ4n) is 5.82. The van der Waals surface area contributed by atoms with Gasteiger partial charge in [-0.15, -0.1) is 0 Å². The summed E-state index contributed by atoms with van der Waals surface area (Å²) in [5.41, 5.74) is 10.1. The average Bonchev–Trinajstić information content (AvgIpc) is 3.51. The molecule has 3 aromatic carbocycles. The van der Waals surface area contributed by atoms with Crippen molar-refractivity contribution >= 4 is 38.2 Å². The first-order chi connectivity index (χ1) is 18.9. The molecule has 0 fully saturated rings. The van der Waals surface area contributed by atoms with Crippen molar-refractivity contribution < 1.29 is 0 Å². The molecule has 38 heavy (non-hydrogen) atoms. The molecule has 0 bridgehead atoms. The van der Waals surface area contributed by atoms with E-state index >= 15 is 0 Å². The van der Waals surface area contributed by atoms with Gasteiger partial charge >= 0.3 is 0 Å². The van der Waals surface area contributed by atoms with Crippen LogP contribution < -0.4 is 0 Å². The van der Waals surface area contributed by atoms with E-state index in [2.05, 4.69) is 123 Å². The van der Waals surface area contributed by atoms with Gasteiger partial charge in [0, 0.05) is 63.3 Å². The highest BCUT2D eigenvalue weighted by Gasteiger charge is 2.22. The maximum Gasteiger partial charge on any atom is 0.0805 e. The van der Waals surface area contributed by atoms with E-state index < -0.39 is 0 Å². The minimum Gasteiger partial charge on any atom is -0.314 e. The molecule has 0 aliphatic heterocycles. The first-order valence-corrected chi connectivity index (χ1v) is 12.8. The van der Waals surface area contributed by atoms with Gasteiger partial charge < -0.3 is 8.97 Å². The molecule has 0 saturated carbocycles. The van der Waals surface area contributed by atoms with Gasteiger partial charge in [-0.3, -0.25) is 9.97 Å². The first kappa shape index (κ1) is 20.9. The van der Waals surface area contributed by atoms with E-state index in [0.717, 1.165) is 33.6 Å². The van der Waals surface area contributed by atoms with E-state index in [1.807, 2.05) is 18.5 Å². The van der Waals surface area contributed by atoms with Crippen LogP contribution in [0, 0.1) is 0 Å². The second-order valence-corrected chi connectivity index (χ2v) is 9.55. The average molecular weight is 487 g/mol. The number of pyridine rings is 3. The quantitative estimate of drug-likeness (QED) is 0.252. The molecule has 5 heterocycles. The molecule has 0 saturated heterocycles. The molecule has 0 amide bonds. The lowest BCUT2D eigenvalue weighted by atomic mass is 10.0. The number of benzene rings is 3. The Morgan fingerprint density at radius 2 is 1.29 bits per heavy atom. The van der Waals surface area contributed by atoms with Crippen LogP contribution in [0.15, 0.2) is 134 Å². The molecule has 178 valence electrons. The molecule has 0 atom stereocenters. The van der Waals surface area contributed by atoms with Crippen molar-refractivity contribution in [1.82, 2.24) is 18.9 Å². The van der Waals surface area contributed by atoms with Crippen molar-refractivity contribution in [2.24, 2.45) is 0 Å². The third-order valence-corrected chi connectivity index (χ3v) is 7.47. The van der Waals surface area contributed by atoms with Crippen molar-refractivity contribution in [3.63, 3.8) is 0 Å². The summed E-state index contributed by atoms with van der Waals surface area (Å²) in [6, 6.07) is 38.5. The summed E-state index contributed by atoms with van der Waals surface area (Å²) >= 11 is 0. The number of hydrogen-bond acceptors (Lipinski definition) is 2. The van der Waals surface area contributed by atoms with Crippen LogP contribution in [0.1, 0.15) is 0 Å². The highest BCUT2D eigenvalue weighted by molar-refractivity contribution is 6.20. The van der Waals surface area contributed by atoms with Crippen molar-refractivity contribution in [2.45, 2.75) is 0 Å². The Balaban J connectivity index is 1.52. The van der Waals surface area contributed by atoms with Gasteiger partial charge in [0.1, 0.15) is 0 Å². The van der Waals surface area contributed by atoms with Crippen LogP contribution in [-0.2, 0) is 0 Å². The molecule has 0 aliphatic rings. The normalized spacial score (nSPS) is 11.7. The van der Waals surface area contributed by atoms with E-state index in [0.29, 0.717) is 0 Å². The summed E-state index contributed by atoms with van der Waals surface area (Å²) in [6.45, 7) is 0. The first-order valence-electron chi connectivity index (χ1n) is 12.8. The maximum atomic E-state index is 5.01. The molecule has 4 nitrogen and oxygen atoms in total. The van der Waals surface area contributed by atoms with E-state index in [4.69, 9.17) is 4.98 Å². The lowest BCUT2D eigenvalue weighted by molar-refractivity contribution is 1.17. The highest BCUT2D eigenvalue weighted by Crippen LogP contribution is 2.42. The molecule has 0 aliphatic carbocycles. The van der Waals surface area contributed by atoms with Crippen LogP contribution in [0.4, 0.5) is 0 Å². The monoisotopic (exact) mass is 486 g/mol. The van der Waals surface area contributed by atoms with Crippen molar-refractivity contribution in [3.05, 3.63) is 134 Å². The minimum atomic E-state index is 0.953. The van der Waals surface area contributed by atoms with Crippen LogP contribution in [0.3, 0.4) is 0 Å². The summed E-state index contributed by atoms with van der Waals surface area (Å²) < 4.78 is 4.72. The van der Waals surface area contributed by atoms with Crippen LogP contribution >= 0.6 is 0 Å². The Bertz CT molecular complexity index is 2100. The number of hydrogen-bond donors (Lipinski definition) is 0. The lowest BCUT2D eigenvalue weighted by Crippen LogP contribution is -1.96. The van der Waals surface area contributed by atoms with Gasteiger partial charge in [0.25, 0.3) is 0 Å². The highest BCUT2D eigenvalue weighted by atomic mass is 15.0. The fraction of sp³-hybridized carbons (Fsp3) is 0. The van der Waals surface area contributed by atoms with Crippen LogP contribution in [0.5, 0.6) is 0 Å². The van der Waals surface area contributed by atoms with Gasteiger partial charge in [0.05, 0.1) is 27.8 Å². The largest absolute Gasteiger partial charge is 0.314 e. The lowest BCUT2D eigenvalue weighted by Gasteiger charge is -2.10. The number of rotatable bonds is 3. The third kappa shape index (κ3) is 2.98. The zero-order chi connectivity index (χ0) is 25.1. The Morgan fingerprint density at radius 1 is 0.526 bits per heavy atom. The Labute approximate surface area is 219 Å².